The summed E-state index contributed by atoms with van der Waals surface area (Å²) in [7, 11) is 0. The van der Waals surface area contributed by atoms with Crippen molar-refractivity contribution in [2.45, 2.75) is 47.6 Å². The molecule has 0 saturated carbocycles. The summed E-state index contributed by atoms with van der Waals surface area (Å²) in [6.45, 7) is 13.8. The van der Waals surface area contributed by atoms with Gasteiger partial charge in [0.2, 0.25) is 0 Å². The minimum atomic E-state index is -0.201. The van der Waals surface area contributed by atoms with Gasteiger partial charge in [0.1, 0.15) is 0 Å². The van der Waals surface area contributed by atoms with Crippen LogP contribution in [0.4, 0.5) is 0 Å². The van der Waals surface area contributed by atoms with Crippen molar-refractivity contribution >= 4 is 5.97 Å². The number of esters is 1. The minimum Gasteiger partial charge on any atom is -0.465 e. The van der Waals surface area contributed by atoms with Crippen LogP contribution in [-0.2, 0) is 14.3 Å². The summed E-state index contributed by atoms with van der Waals surface area (Å²) in [5, 5.41) is 0. The highest BCUT2D eigenvalue weighted by atomic mass is 16.5. The van der Waals surface area contributed by atoms with E-state index in [-0.39, 0.29) is 17.5 Å². The van der Waals surface area contributed by atoms with Crippen LogP contribution in [0.1, 0.15) is 41.5 Å². The molecule has 0 spiro atoms. The number of hydrogen-bond donors (Lipinski definition) is 0. The molecular formula is C17H28O3. The molecule has 0 unspecified atom stereocenters. The highest BCUT2D eigenvalue weighted by molar-refractivity contribution is 5.65. The summed E-state index contributed by atoms with van der Waals surface area (Å²) < 4.78 is 11.6. The first-order valence-corrected chi connectivity index (χ1v) is 7.73. The zero-order valence-corrected chi connectivity index (χ0v) is 13.6. The highest BCUT2D eigenvalue weighted by Crippen LogP contribution is 2.53. The van der Waals surface area contributed by atoms with Gasteiger partial charge >= 0.3 is 5.97 Å². The molecule has 1 heterocycles. The average molecular weight is 280 g/mol. The van der Waals surface area contributed by atoms with Crippen molar-refractivity contribution in [3.8, 4) is 0 Å². The van der Waals surface area contributed by atoms with E-state index in [1.807, 2.05) is 0 Å². The lowest BCUT2D eigenvalue weighted by Crippen LogP contribution is -2.57. The van der Waals surface area contributed by atoms with Crippen LogP contribution >= 0.6 is 0 Å². The van der Waals surface area contributed by atoms with E-state index in [0.717, 1.165) is 0 Å². The molecule has 0 radical (unpaired) electrons. The second kappa shape index (κ2) is 5.51. The molecule has 114 valence electrons. The standard InChI is InChI=1S/C17H28O3/c1-10(2)16-15-11(3)7-12(4)17(9-20-16,13(15)5)8-19-14(6)18/h7,10,12-13,15-16H,8-9H2,1-6H3/t12-,13+,15-,16+,17+/m0/s1. The Hall–Kier alpha value is -0.830. The van der Waals surface area contributed by atoms with Crippen LogP contribution in [0.15, 0.2) is 11.6 Å². The van der Waals surface area contributed by atoms with E-state index < -0.39 is 0 Å². The molecule has 0 amide bonds. The number of allylic oxidation sites excluding steroid dienone is 1. The third-order valence-electron chi connectivity index (χ3n) is 5.49. The molecule has 0 N–H and O–H groups in total. The van der Waals surface area contributed by atoms with Crippen LogP contribution in [0.2, 0.25) is 0 Å². The van der Waals surface area contributed by atoms with E-state index in [2.05, 4.69) is 40.7 Å². The lowest BCUT2D eigenvalue weighted by atomic mass is 9.55. The predicted molar refractivity (Wildman–Crippen MR) is 79.2 cm³/mol. The molecule has 1 fully saturated rings. The minimum absolute atomic E-state index is 0.0682. The van der Waals surface area contributed by atoms with Crippen molar-refractivity contribution in [2.75, 3.05) is 13.2 Å². The molecule has 0 aromatic carbocycles. The van der Waals surface area contributed by atoms with Gasteiger partial charge in [-0.1, -0.05) is 39.3 Å². The molecule has 2 aliphatic rings. The number of carbonyl (C=O) groups is 1. The maximum Gasteiger partial charge on any atom is 0.302 e. The van der Waals surface area contributed by atoms with E-state index in [1.54, 1.807) is 0 Å². The molecule has 20 heavy (non-hydrogen) atoms. The predicted octanol–water partition coefficient (Wildman–Crippen LogP) is 3.44. The highest BCUT2D eigenvalue weighted by Gasteiger charge is 2.54. The van der Waals surface area contributed by atoms with Crippen molar-refractivity contribution in [3.05, 3.63) is 11.6 Å². The monoisotopic (exact) mass is 280 g/mol. The van der Waals surface area contributed by atoms with Gasteiger partial charge in [0.25, 0.3) is 0 Å². The van der Waals surface area contributed by atoms with Crippen LogP contribution in [0.25, 0.3) is 0 Å². The van der Waals surface area contributed by atoms with Gasteiger partial charge in [0.15, 0.2) is 0 Å². The Labute approximate surface area is 122 Å². The lowest BCUT2D eigenvalue weighted by molar-refractivity contribution is -0.186. The molecule has 3 nitrogen and oxygen atoms in total. The van der Waals surface area contributed by atoms with Crippen LogP contribution in [0.5, 0.6) is 0 Å². The first kappa shape index (κ1) is 15.6. The molecule has 1 aliphatic carbocycles. The number of hydrogen-bond acceptors (Lipinski definition) is 3. The van der Waals surface area contributed by atoms with Gasteiger partial charge < -0.3 is 9.47 Å². The van der Waals surface area contributed by atoms with Crippen molar-refractivity contribution in [2.24, 2.45) is 29.1 Å². The van der Waals surface area contributed by atoms with E-state index in [4.69, 9.17) is 9.47 Å². The summed E-state index contributed by atoms with van der Waals surface area (Å²) >= 11 is 0. The largest absolute Gasteiger partial charge is 0.465 e. The van der Waals surface area contributed by atoms with Crippen molar-refractivity contribution in [1.82, 2.24) is 0 Å². The van der Waals surface area contributed by atoms with Crippen molar-refractivity contribution in [1.29, 1.82) is 0 Å². The van der Waals surface area contributed by atoms with Gasteiger partial charge in [0, 0.05) is 18.3 Å². The van der Waals surface area contributed by atoms with Gasteiger partial charge in [-0.15, -0.1) is 0 Å². The Morgan fingerprint density at radius 3 is 2.70 bits per heavy atom. The topological polar surface area (TPSA) is 35.5 Å². The zero-order valence-electron chi connectivity index (χ0n) is 13.6. The van der Waals surface area contributed by atoms with E-state index in [0.29, 0.717) is 36.9 Å². The summed E-state index contributed by atoms with van der Waals surface area (Å²) in [6.07, 6.45) is 2.64. The Morgan fingerprint density at radius 1 is 1.50 bits per heavy atom. The fraction of sp³-hybridized carbons (Fsp3) is 0.824. The van der Waals surface area contributed by atoms with Crippen LogP contribution in [0.3, 0.4) is 0 Å². The second-order valence-corrected chi connectivity index (χ2v) is 7.05. The number of carbonyl (C=O) groups excluding carboxylic acids is 1. The zero-order chi connectivity index (χ0) is 15.1. The van der Waals surface area contributed by atoms with Gasteiger partial charge in [-0.05, 0) is 24.7 Å². The molecule has 2 bridgehead atoms. The molecular weight excluding hydrogens is 252 g/mol. The van der Waals surface area contributed by atoms with E-state index >= 15 is 0 Å². The summed E-state index contributed by atoms with van der Waals surface area (Å²) in [4.78, 5) is 11.2. The molecule has 0 aromatic rings. The van der Waals surface area contributed by atoms with Crippen LogP contribution in [0, 0.1) is 29.1 Å². The smallest absolute Gasteiger partial charge is 0.302 e. The van der Waals surface area contributed by atoms with Gasteiger partial charge in [-0.25, -0.2) is 0 Å². The van der Waals surface area contributed by atoms with Crippen molar-refractivity contribution in [3.63, 3.8) is 0 Å². The fourth-order valence-electron chi connectivity index (χ4n) is 4.15. The maximum atomic E-state index is 11.2. The third-order valence-corrected chi connectivity index (χ3v) is 5.49. The number of fused-ring (bicyclic) bond motifs is 2. The lowest BCUT2D eigenvalue weighted by Gasteiger charge is -2.56. The molecule has 2 rings (SSSR count). The molecule has 0 aromatic heterocycles. The first-order valence-electron chi connectivity index (χ1n) is 7.73. The van der Waals surface area contributed by atoms with E-state index in [9.17, 15) is 4.79 Å². The van der Waals surface area contributed by atoms with Crippen LogP contribution in [-0.4, -0.2) is 25.3 Å². The number of ether oxygens (including phenoxy) is 2. The molecule has 1 saturated heterocycles. The Kier molecular flexibility index (Phi) is 4.29. The molecule has 5 atom stereocenters. The fourth-order valence-corrected chi connectivity index (χ4v) is 4.15. The Bertz CT molecular complexity index is 412. The normalized spacial score (nSPS) is 40.5. The summed E-state index contributed by atoms with van der Waals surface area (Å²) in [6, 6.07) is 0. The second-order valence-electron chi connectivity index (χ2n) is 7.05. The van der Waals surface area contributed by atoms with Gasteiger partial charge in [-0.3, -0.25) is 4.79 Å². The number of rotatable bonds is 3. The average Bonchev–Trinajstić information content (AvgIpc) is 2.34. The molecule has 1 aliphatic heterocycles. The Balaban J connectivity index is 2.33. The first-order chi connectivity index (χ1) is 9.29. The van der Waals surface area contributed by atoms with Crippen molar-refractivity contribution < 1.29 is 14.3 Å². The van der Waals surface area contributed by atoms with Gasteiger partial charge in [-0.2, -0.15) is 0 Å². The van der Waals surface area contributed by atoms with E-state index in [1.165, 1.54) is 12.5 Å². The summed E-state index contributed by atoms with van der Waals surface area (Å²) in [5.41, 5.74) is 1.36. The van der Waals surface area contributed by atoms with Crippen LogP contribution < -0.4 is 0 Å². The SMILES string of the molecule is CC(=O)OC[C@@]12CO[C@H](C(C)C)[C@@H](C(C)=C[C@@H]1C)[C@H]2C. The Morgan fingerprint density at radius 2 is 2.15 bits per heavy atom. The summed E-state index contributed by atoms with van der Waals surface area (Å²) in [5.74, 6) is 1.60. The maximum absolute atomic E-state index is 11.2. The quantitative estimate of drug-likeness (QED) is 0.587. The van der Waals surface area contributed by atoms with Gasteiger partial charge in [0.05, 0.1) is 19.3 Å². The third kappa shape index (κ3) is 2.41. The molecule has 3 heteroatoms.